The number of hydrogen-bond donors (Lipinski definition) is 0. The molecular formula is C30H31N. The van der Waals surface area contributed by atoms with Gasteiger partial charge in [0, 0.05) is 28.4 Å². The molecule has 0 atom stereocenters. The number of benzene rings is 5. The van der Waals surface area contributed by atoms with Crippen LogP contribution in [0, 0.1) is 0 Å². The van der Waals surface area contributed by atoms with Gasteiger partial charge in [-0.1, -0.05) is 100 Å². The second kappa shape index (κ2) is 7.71. The molecule has 0 saturated carbocycles. The van der Waals surface area contributed by atoms with Crippen molar-refractivity contribution < 1.29 is 0 Å². The van der Waals surface area contributed by atoms with Crippen molar-refractivity contribution in [2.24, 2.45) is 0 Å². The van der Waals surface area contributed by atoms with E-state index in [0.717, 1.165) is 6.54 Å². The van der Waals surface area contributed by atoms with Gasteiger partial charge in [-0.2, -0.15) is 0 Å². The Morgan fingerprint density at radius 3 is 1.58 bits per heavy atom. The summed E-state index contributed by atoms with van der Waals surface area (Å²) in [5.74, 6) is 0. The fourth-order valence-corrected chi connectivity index (χ4v) is 5.92. The summed E-state index contributed by atoms with van der Waals surface area (Å²) in [6.45, 7) is 3.41. The minimum Gasteiger partial charge on any atom is -0.340 e. The van der Waals surface area contributed by atoms with Crippen LogP contribution < -0.4 is 0 Å². The molecule has 0 spiro atoms. The third-order valence-electron chi connectivity index (χ3n) is 7.40. The minimum atomic E-state index is 1.12. The smallest absolute Gasteiger partial charge is 0.0498 e. The Bertz CT molecular complexity index is 1370. The van der Waals surface area contributed by atoms with Crippen LogP contribution in [-0.2, 0) is 6.54 Å². The summed E-state index contributed by atoms with van der Waals surface area (Å²) in [4.78, 5) is 0. The van der Waals surface area contributed by atoms with Crippen molar-refractivity contribution in [1.82, 2.24) is 4.57 Å². The van der Waals surface area contributed by atoms with E-state index in [4.69, 9.17) is 0 Å². The van der Waals surface area contributed by atoms with E-state index in [1.54, 1.807) is 0 Å². The third-order valence-corrected chi connectivity index (χ3v) is 7.40. The average Bonchev–Trinajstić information content (AvgIpc) is 3.14. The SMILES string of the molecule is CCCCCCCCCCn1c2ccc3cccc4c5cccc6ccc1c(c65)c2c34. The van der Waals surface area contributed by atoms with Crippen LogP contribution in [0.15, 0.2) is 60.7 Å². The van der Waals surface area contributed by atoms with Crippen LogP contribution >= 0.6 is 0 Å². The summed E-state index contributed by atoms with van der Waals surface area (Å²) in [7, 11) is 0. The van der Waals surface area contributed by atoms with Gasteiger partial charge < -0.3 is 4.57 Å². The van der Waals surface area contributed by atoms with Gasteiger partial charge in [0.25, 0.3) is 0 Å². The Kier molecular flexibility index (Phi) is 4.71. The number of rotatable bonds is 9. The number of nitrogens with zero attached hydrogens (tertiary/aromatic N) is 1. The summed E-state index contributed by atoms with van der Waals surface area (Å²) >= 11 is 0. The van der Waals surface area contributed by atoms with E-state index in [1.807, 2.05) is 0 Å². The Labute approximate surface area is 184 Å². The number of hydrogen-bond acceptors (Lipinski definition) is 0. The summed E-state index contributed by atoms with van der Waals surface area (Å²) in [6.07, 6.45) is 10.9. The molecule has 0 amide bonds. The number of aryl methyl sites for hydroxylation is 1. The van der Waals surface area contributed by atoms with E-state index < -0.39 is 0 Å². The van der Waals surface area contributed by atoms with Gasteiger partial charge in [0.05, 0.1) is 0 Å². The molecule has 0 fully saturated rings. The molecule has 0 unspecified atom stereocenters. The van der Waals surface area contributed by atoms with Crippen LogP contribution in [0.2, 0.25) is 0 Å². The van der Waals surface area contributed by atoms with Gasteiger partial charge in [-0.05, 0) is 50.9 Å². The first-order valence-electron chi connectivity index (χ1n) is 12.3. The van der Waals surface area contributed by atoms with E-state index in [-0.39, 0.29) is 0 Å². The van der Waals surface area contributed by atoms with E-state index in [9.17, 15) is 0 Å². The van der Waals surface area contributed by atoms with Crippen molar-refractivity contribution in [3.8, 4) is 0 Å². The maximum Gasteiger partial charge on any atom is 0.0498 e. The first-order chi connectivity index (χ1) is 15.4. The summed E-state index contributed by atoms with van der Waals surface area (Å²) in [5.41, 5.74) is 2.83. The second-order valence-electron chi connectivity index (χ2n) is 9.35. The molecule has 6 aromatic rings. The standard InChI is InChI=1S/C30H31N/c1-2-3-4-5-6-7-8-9-20-31-25-18-16-21-12-10-14-23-24-15-11-13-22-17-19-26(31)30(28(22)24)29(25)27(21)23/h10-19H,2-9,20H2,1H3. The molecule has 5 aromatic carbocycles. The van der Waals surface area contributed by atoms with Gasteiger partial charge in [-0.3, -0.25) is 0 Å². The molecule has 156 valence electrons. The molecule has 0 saturated heterocycles. The van der Waals surface area contributed by atoms with Crippen LogP contribution in [0.25, 0.3) is 54.1 Å². The van der Waals surface area contributed by atoms with E-state index >= 15 is 0 Å². The van der Waals surface area contributed by atoms with Crippen LogP contribution in [0.5, 0.6) is 0 Å². The number of aromatic nitrogens is 1. The molecule has 1 heteroatoms. The molecule has 0 aliphatic heterocycles. The van der Waals surface area contributed by atoms with Crippen molar-refractivity contribution in [3.63, 3.8) is 0 Å². The quantitative estimate of drug-likeness (QED) is 0.128. The molecule has 31 heavy (non-hydrogen) atoms. The topological polar surface area (TPSA) is 4.93 Å². The summed E-state index contributed by atoms with van der Waals surface area (Å²) in [5, 5.41) is 11.4. The molecule has 1 heterocycles. The minimum absolute atomic E-state index is 1.12. The molecule has 0 aliphatic carbocycles. The maximum absolute atomic E-state index is 2.61. The number of unbranched alkanes of at least 4 members (excludes halogenated alkanes) is 7. The van der Waals surface area contributed by atoms with Crippen LogP contribution in [-0.4, -0.2) is 4.57 Å². The Hall–Kier alpha value is -2.80. The Balaban J connectivity index is 1.43. The van der Waals surface area contributed by atoms with Crippen molar-refractivity contribution in [3.05, 3.63) is 60.7 Å². The molecular weight excluding hydrogens is 374 g/mol. The molecule has 0 bridgehead atoms. The van der Waals surface area contributed by atoms with Crippen molar-refractivity contribution >= 4 is 54.1 Å². The Morgan fingerprint density at radius 1 is 0.516 bits per heavy atom. The first-order valence-corrected chi connectivity index (χ1v) is 12.3. The monoisotopic (exact) mass is 405 g/mol. The van der Waals surface area contributed by atoms with E-state index in [1.165, 1.54) is 105 Å². The average molecular weight is 406 g/mol. The van der Waals surface area contributed by atoms with Gasteiger partial charge >= 0.3 is 0 Å². The molecule has 0 aliphatic rings. The van der Waals surface area contributed by atoms with Gasteiger partial charge in [0.1, 0.15) is 0 Å². The summed E-state index contributed by atoms with van der Waals surface area (Å²) in [6, 6.07) is 23.0. The lowest BCUT2D eigenvalue weighted by atomic mass is 9.90. The number of fused-ring (bicyclic) bond motifs is 1. The highest BCUT2D eigenvalue weighted by Gasteiger charge is 2.20. The molecule has 1 aromatic heterocycles. The van der Waals surface area contributed by atoms with Gasteiger partial charge in [-0.25, -0.2) is 0 Å². The van der Waals surface area contributed by atoms with E-state index in [0.29, 0.717) is 0 Å². The van der Waals surface area contributed by atoms with Gasteiger partial charge in [0.2, 0.25) is 0 Å². The van der Waals surface area contributed by atoms with E-state index in [2.05, 4.69) is 72.2 Å². The third kappa shape index (κ3) is 2.90. The highest BCUT2D eigenvalue weighted by molar-refractivity contribution is 6.39. The highest BCUT2D eigenvalue weighted by Crippen LogP contribution is 2.46. The lowest BCUT2D eigenvalue weighted by Crippen LogP contribution is -1.97. The largest absolute Gasteiger partial charge is 0.340 e. The van der Waals surface area contributed by atoms with Crippen molar-refractivity contribution in [2.75, 3.05) is 0 Å². The summed E-state index contributed by atoms with van der Waals surface area (Å²) < 4.78 is 2.61. The van der Waals surface area contributed by atoms with Crippen LogP contribution in [0.3, 0.4) is 0 Å². The van der Waals surface area contributed by atoms with Crippen LogP contribution in [0.1, 0.15) is 58.3 Å². The molecule has 1 nitrogen and oxygen atoms in total. The lowest BCUT2D eigenvalue weighted by Gasteiger charge is -2.12. The second-order valence-corrected chi connectivity index (χ2v) is 9.35. The molecule has 6 rings (SSSR count). The first kappa shape index (κ1) is 18.9. The van der Waals surface area contributed by atoms with Crippen LogP contribution in [0.4, 0.5) is 0 Å². The van der Waals surface area contributed by atoms with Gasteiger partial charge in [0.15, 0.2) is 0 Å². The normalized spacial score (nSPS) is 12.5. The Morgan fingerprint density at radius 2 is 1.03 bits per heavy atom. The predicted octanol–water partition coefficient (Wildman–Crippen LogP) is 9.27. The zero-order valence-electron chi connectivity index (χ0n) is 18.6. The predicted molar refractivity (Wildman–Crippen MR) is 137 cm³/mol. The zero-order chi connectivity index (χ0) is 20.8. The van der Waals surface area contributed by atoms with Crippen molar-refractivity contribution in [2.45, 2.75) is 64.8 Å². The lowest BCUT2D eigenvalue weighted by molar-refractivity contribution is 0.553. The molecule has 0 radical (unpaired) electrons. The van der Waals surface area contributed by atoms with Gasteiger partial charge in [-0.15, -0.1) is 0 Å². The maximum atomic E-state index is 2.61. The molecule has 0 N–H and O–H groups in total. The fourth-order valence-electron chi connectivity index (χ4n) is 5.92. The highest BCUT2D eigenvalue weighted by atomic mass is 15.0. The fraction of sp³-hybridized carbons (Fsp3) is 0.333. The van der Waals surface area contributed by atoms with Crippen molar-refractivity contribution in [1.29, 1.82) is 0 Å². The zero-order valence-corrected chi connectivity index (χ0v) is 18.6.